The van der Waals surface area contributed by atoms with Crippen molar-refractivity contribution < 1.29 is 32.2 Å². The van der Waals surface area contributed by atoms with Gasteiger partial charge in [0.15, 0.2) is 0 Å². The SMILES string of the molecule is COC(=O)[C@@H]1CN(C(=O)c2ccc(OC)c(S(=O)(=O)NCCc3ccccc3)c2)c2ccccc2O1. The molecule has 10 heteroatoms. The predicted octanol–water partition coefficient (Wildman–Crippen LogP) is 2.80. The van der Waals surface area contributed by atoms with Crippen molar-refractivity contribution in [2.75, 3.05) is 32.2 Å². The summed E-state index contributed by atoms with van der Waals surface area (Å²) in [6.07, 6.45) is -0.518. The lowest BCUT2D eigenvalue weighted by Crippen LogP contribution is -2.47. The maximum absolute atomic E-state index is 13.6. The number of para-hydroxylation sites is 2. The number of hydrogen-bond acceptors (Lipinski definition) is 7. The van der Waals surface area contributed by atoms with Gasteiger partial charge in [-0.05, 0) is 42.3 Å². The van der Waals surface area contributed by atoms with Crippen LogP contribution in [0.4, 0.5) is 5.69 Å². The van der Waals surface area contributed by atoms with Crippen LogP contribution in [0.25, 0.3) is 0 Å². The molecule has 3 aromatic carbocycles. The first kappa shape index (κ1) is 25.2. The zero-order valence-corrected chi connectivity index (χ0v) is 20.7. The van der Waals surface area contributed by atoms with Gasteiger partial charge in [0.2, 0.25) is 16.1 Å². The molecule has 0 spiro atoms. The van der Waals surface area contributed by atoms with E-state index in [1.165, 1.54) is 37.3 Å². The van der Waals surface area contributed by atoms with Gasteiger partial charge in [0, 0.05) is 12.1 Å². The lowest BCUT2D eigenvalue weighted by Gasteiger charge is -2.33. The molecule has 3 aromatic rings. The summed E-state index contributed by atoms with van der Waals surface area (Å²) in [5.74, 6) is -0.670. The van der Waals surface area contributed by atoms with Gasteiger partial charge in [0.1, 0.15) is 16.4 Å². The van der Waals surface area contributed by atoms with Crippen LogP contribution in [-0.2, 0) is 26.0 Å². The quantitative estimate of drug-likeness (QED) is 0.464. The summed E-state index contributed by atoms with van der Waals surface area (Å²) in [5, 5.41) is 0. The summed E-state index contributed by atoms with van der Waals surface area (Å²) in [4.78, 5) is 26.9. The minimum absolute atomic E-state index is 0.0913. The Morgan fingerprint density at radius 1 is 1.03 bits per heavy atom. The molecule has 36 heavy (non-hydrogen) atoms. The summed E-state index contributed by atoms with van der Waals surface area (Å²) in [6.45, 7) is 0.0806. The molecule has 0 unspecified atom stereocenters. The number of sulfonamides is 1. The number of fused-ring (bicyclic) bond motifs is 1. The average molecular weight is 511 g/mol. The molecule has 188 valence electrons. The number of ether oxygens (including phenoxy) is 3. The maximum atomic E-state index is 13.6. The minimum Gasteiger partial charge on any atom is -0.495 e. The number of nitrogens with one attached hydrogen (secondary N) is 1. The van der Waals surface area contributed by atoms with Crippen molar-refractivity contribution in [1.29, 1.82) is 0 Å². The second-order valence-electron chi connectivity index (χ2n) is 8.01. The van der Waals surface area contributed by atoms with E-state index in [9.17, 15) is 18.0 Å². The first-order valence-electron chi connectivity index (χ1n) is 11.2. The van der Waals surface area contributed by atoms with Gasteiger partial charge in [-0.1, -0.05) is 42.5 Å². The van der Waals surface area contributed by atoms with Gasteiger partial charge in [-0.2, -0.15) is 0 Å². The third kappa shape index (κ3) is 5.34. The van der Waals surface area contributed by atoms with Crippen molar-refractivity contribution in [1.82, 2.24) is 4.72 Å². The summed E-state index contributed by atoms with van der Waals surface area (Å²) < 4.78 is 44.6. The molecule has 1 amide bonds. The van der Waals surface area contributed by atoms with Crippen LogP contribution in [0, 0.1) is 0 Å². The zero-order valence-electron chi connectivity index (χ0n) is 19.8. The van der Waals surface area contributed by atoms with Crippen LogP contribution in [0.2, 0.25) is 0 Å². The highest BCUT2D eigenvalue weighted by molar-refractivity contribution is 7.89. The maximum Gasteiger partial charge on any atom is 0.348 e. The first-order valence-corrected chi connectivity index (χ1v) is 12.7. The lowest BCUT2D eigenvalue weighted by molar-refractivity contribution is -0.148. The first-order chi connectivity index (χ1) is 17.3. The zero-order chi connectivity index (χ0) is 25.7. The van der Waals surface area contributed by atoms with Gasteiger partial charge in [-0.3, -0.25) is 4.79 Å². The highest BCUT2D eigenvalue weighted by Crippen LogP contribution is 2.35. The summed E-state index contributed by atoms with van der Waals surface area (Å²) in [6, 6.07) is 20.5. The molecule has 0 aromatic heterocycles. The highest BCUT2D eigenvalue weighted by Gasteiger charge is 2.35. The Morgan fingerprint density at radius 3 is 2.47 bits per heavy atom. The van der Waals surface area contributed by atoms with Gasteiger partial charge in [0.05, 0.1) is 26.5 Å². The number of rotatable bonds is 8. The largest absolute Gasteiger partial charge is 0.495 e. The van der Waals surface area contributed by atoms with Crippen LogP contribution in [0.3, 0.4) is 0 Å². The molecule has 0 saturated carbocycles. The summed E-state index contributed by atoms with van der Waals surface area (Å²) in [5.41, 5.74) is 1.56. The van der Waals surface area contributed by atoms with E-state index in [0.717, 1.165) is 5.56 Å². The van der Waals surface area contributed by atoms with Crippen LogP contribution < -0.4 is 19.1 Å². The summed E-state index contributed by atoms with van der Waals surface area (Å²) >= 11 is 0. The van der Waals surface area contributed by atoms with E-state index >= 15 is 0 Å². The molecule has 0 radical (unpaired) electrons. The van der Waals surface area contributed by atoms with E-state index in [1.807, 2.05) is 30.3 Å². The van der Waals surface area contributed by atoms with E-state index in [1.54, 1.807) is 24.3 Å². The Kier molecular flexibility index (Phi) is 7.56. The van der Waals surface area contributed by atoms with E-state index in [2.05, 4.69) is 4.72 Å². The summed E-state index contributed by atoms with van der Waals surface area (Å²) in [7, 11) is -1.39. The van der Waals surface area contributed by atoms with Crippen LogP contribution in [0.5, 0.6) is 11.5 Å². The fraction of sp³-hybridized carbons (Fsp3) is 0.231. The Morgan fingerprint density at radius 2 is 1.75 bits per heavy atom. The average Bonchev–Trinajstić information content (AvgIpc) is 2.91. The topological polar surface area (TPSA) is 111 Å². The number of benzene rings is 3. The molecule has 1 aliphatic rings. The number of anilines is 1. The van der Waals surface area contributed by atoms with E-state index in [0.29, 0.717) is 17.9 Å². The molecule has 0 saturated heterocycles. The second kappa shape index (κ2) is 10.8. The van der Waals surface area contributed by atoms with Gasteiger partial charge >= 0.3 is 5.97 Å². The van der Waals surface area contributed by atoms with Crippen molar-refractivity contribution >= 4 is 27.6 Å². The second-order valence-corrected chi connectivity index (χ2v) is 9.75. The standard InChI is InChI=1S/C26H26N2O7S/c1-33-22-13-12-19(16-24(22)36(31,32)27-15-14-18-8-4-3-5-9-18)25(29)28-17-23(26(30)34-2)35-21-11-7-6-10-20(21)28/h3-13,16,23,27H,14-15,17H2,1-2H3/t23-/m0/s1. The number of methoxy groups -OCH3 is 2. The molecule has 0 aliphatic carbocycles. The van der Waals surface area contributed by atoms with Crippen LogP contribution in [0.1, 0.15) is 15.9 Å². The van der Waals surface area contributed by atoms with Gasteiger partial charge in [-0.15, -0.1) is 0 Å². The molecule has 1 N–H and O–H groups in total. The van der Waals surface area contributed by atoms with Crippen molar-refractivity contribution in [2.45, 2.75) is 17.4 Å². The molecule has 1 aliphatic heterocycles. The van der Waals surface area contributed by atoms with Gasteiger partial charge < -0.3 is 19.1 Å². The number of amides is 1. The Hall–Kier alpha value is -3.89. The molecule has 9 nitrogen and oxygen atoms in total. The van der Waals surface area contributed by atoms with Gasteiger partial charge in [-0.25, -0.2) is 17.9 Å². The molecule has 4 rings (SSSR count). The third-order valence-electron chi connectivity index (χ3n) is 5.73. The van der Waals surface area contributed by atoms with Crippen molar-refractivity contribution in [3.05, 3.63) is 83.9 Å². The Labute approximate surface area is 209 Å². The normalized spacial score (nSPS) is 14.9. The van der Waals surface area contributed by atoms with Crippen molar-refractivity contribution in [3.63, 3.8) is 0 Å². The molecule has 1 heterocycles. The minimum atomic E-state index is -3.99. The molecule has 1 atom stereocenters. The predicted molar refractivity (Wildman–Crippen MR) is 133 cm³/mol. The molecule has 0 bridgehead atoms. The van der Waals surface area contributed by atoms with Gasteiger partial charge in [0.25, 0.3) is 5.91 Å². The monoisotopic (exact) mass is 510 g/mol. The fourth-order valence-electron chi connectivity index (χ4n) is 3.91. The lowest BCUT2D eigenvalue weighted by atomic mass is 10.1. The van der Waals surface area contributed by atoms with E-state index in [4.69, 9.17) is 14.2 Å². The number of carbonyl (C=O) groups excluding carboxylic acids is 2. The van der Waals surface area contributed by atoms with Crippen molar-refractivity contribution in [3.8, 4) is 11.5 Å². The third-order valence-corrected chi connectivity index (χ3v) is 7.21. The van der Waals surface area contributed by atoms with E-state index in [-0.39, 0.29) is 29.3 Å². The molecule has 0 fully saturated rings. The van der Waals surface area contributed by atoms with Crippen LogP contribution >= 0.6 is 0 Å². The van der Waals surface area contributed by atoms with Crippen molar-refractivity contribution in [2.24, 2.45) is 0 Å². The fourth-order valence-corrected chi connectivity index (χ4v) is 5.13. The van der Waals surface area contributed by atoms with Crippen LogP contribution in [-0.4, -0.2) is 53.7 Å². The highest BCUT2D eigenvalue weighted by atomic mass is 32.2. The number of nitrogens with zero attached hydrogens (tertiary/aromatic N) is 1. The smallest absolute Gasteiger partial charge is 0.348 e. The Bertz CT molecular complexity index is 1360. The number of esters is 1. The number of hydrogen-bond donors (Lipinski definition) is 1. The van der Waals surface area contributed by atoms with E-state index < -0.39 is 28.0 Å². The molecular formula is C26H26N2O7S. The molecular weight excluding hydrogens is 484 g/mol. The number of carbonyl (C=O) groups is 2. The Balaban J connectivity index is 1.61. The van der Waals surface area contributed by atoms with Crippen LogP contribution in [0.15, 0.2) is 77.7 Å².